The highest BCUT2D eigenvalue weighted by molar-refractivity contribution is 7.92. The number of benzene rings is 2. The maximum Gasteiger partial charge on any atom is 0.248 e. The predicted molar refractivity (Wildman–Crippen MR) is 115 cm³/mol. The minimum Gasteiger partial charge on any atom is -0.497 e. The van der Waals surface area contributed by atoms with Gasteiger partial charge >= 0.3 is 0 Å². The van der Waals surface area contributed by atoms with Crippen molar-refractivity contribution in [2.24, 2.45) is 0 Å². The maximum atomic E-state index is 13.0. The summed E-state index contributed by atoms with van der Waals surface area (Å²) in [5.41, 5.74) is 0.899. The average Bonchev–Trinajstić information content (AvgIpc) is 2.64. The standard InChI is InChI=1S/C21H28N2O5S/c1-6-20(21(24)22-16-9-7-12-19(13-16)28-15(2)3)23(29(5,25)26)17-10-8-11-18(14-17)27-4/h7-15,20H,6H2,1-5H3,(H,22,24)/t20-/m0/s1. The second-order valence-corrected chi connectivity index (χ2v) is 8.73. The molecule has 0 aliphatic carbocycles. The molecule has 1 amide bonds. The third kappa shape index (κ3) is 6.12. The molecule has 0 aliphatic heterocycles. The van der Waals surface area contributed by atoms with Crippen LogP contribution in [0.25, 0.3) is 0 Å². The average molecular weight is 421 g/mol. The first-order valence-corrected chi connectivity index (χ1v) is 11.2. The first kappa shape index (κ1) is 22.5. The van der Waals surface area contributed by atoms with E-state index in [1.54, 1.807) is 55.5 Å². The summed E-state index contributed by atoms with van der Waals surface area (Å²) in [6.07, 6.45) is 1.37. The van der Waals surface area contributed by atoms with Gasteiger partial charge in [-0.15, -0.1) is 0 Å². The highest BCUT2D eigenvalue weighted by Gasteiger charge is 2.31. The van der Waals surface area contributed by atoms with Crippen molar-refractivity contribution < 1.29 is 22.7 Å². The van der Waals surface area contributed by atoms with Crippen LogP contribution in [0.15, 0.2) is 48.5 Å². The van der Waals surface area contributed by atoms with Crippen LogP contribution in [0, 0.1) is 0 Å². The first-order chi connectivity index (χ1) is 13.7. The minimum absolute atomic E-state index is 0.00173. The minimum atomic E-state index is -3.72. The van der Waals surface area contributed by atoms with Crippen LogP contribution in [-0.4, -0.2) is 39.8 Å². The summed E-state index contributed by atoms with van der Waals surface area (Å²) in [6, 6.07) is 12.7. The van der Waals surface area contributed by atoms with Crippen molar-refractivity contribution in [3.8, 4) is 11.5 Å². The van der Waals surface area contributed by atoms with Crippen LogP contribution in [0.5, 0.6) is 11.5 Å². The third-order valence-corrected chi connectivity index (χ3v) is 5.29. The summed E-state index contributed by atoms with van der Waals surface area (Å²) >= 11 is 0. The Bertz CT molecular complexity index is 944. The molecule has 0 saturated carbocycles. The fraction of sp³-hybridized carbons (Fsp3) is 0.381. The van der Waals surface area contributed by atoms with Gasteiger partial charge < -0.3 is 14.8 Å². The molecule has 2 aromatic carbocycles. The lowest BCUT2D eigenvalue weighted by Crippen LogP contribution is -2.47. The molecule has 0 aliphatic rings. The molecule has 0 heterocycles. The summed E-state index contributed by atoms with van der Waals surface area (Å²) in [6.45, 7) is 5.59. The van der Waals surface area contributed by atoms with E-state index in [0.717, 1.165) is 10.6 Å². The zero-order valence-corrected chi connectivity index (χ0v) is 18.2. The Kier molecular flexibility index (Phi) is 7.50. The third-order valence-electron chi connectivity index (χ3n) is 4.11. The lowest BCUT2D eigenvalue weighted by molar-refractivity contribution is -0.117. The molecule has 29 heavy (non-hydrogen) atoms. The first-order valence-electron chi connectivity index (χ1n) is 9.36. The van der Waals surface area contributed by atoms with Crippen LogP contribution < -0.4 is 19.1 Å². The van der Waals surface area contributed by atoms with Crippen molar-refractivity contribution >= 4 is 27.3 Å². The molecule has 0 unspecified atom stereocenters. The number of rotatable bonds is 9. The number of ether oxygens (including phenoxy) is 2. The topological polar surface area (TPSA) is 84.9 Å². The van der Waals surface area contributed by atoms with Crippen molar-refractivity contribution in [3.63, 3.8) is 0 Å². The van der Waals surface area contributed by atoms with Gasteiger partial charge in [0.05, 0.1) is 25.2 Å². The van der Waals surface area contributed by atoms with E-state index >= 15 is 0 Å². The van der Waals surface area contributed by atoms with E-state index in [-0.39, 0.29) is 12.5 Å². The molecule has 0 aromatic heterocycles. The molecule has 158 valence electrons. The van der Waals surface area contributed by atoms with Gasteiger partial charge in [0.1, 0.15) is 17.5 Å². The number of nitrogens with one attached hydrogen (secondary N) is 1. The van der Waals surface area contributed by atoms with Crippen LogP contribution in [0.4, 0.5) is 11.4 Å². The molecule has 7 nitrogen and oxygen atoms in total. The summed E-state index contributed by atoms with van der Waals surface area (Å²) in [5, 5.41) is 2.80. The van der Waals surface area contributed by atoms with E-state index in [0.29, 0.717) is 22.9 Å². The predicted octanol–water partition coefficient (Wildman–Crippen LogP) is 3.67. The van der Waals surface area contributed by atoms with E-state index in [4.69, 9.17) is 9.47 Å². The van der Waals surface area contributed by atoms with E-state index in [1.807, 2.05) is 13.8 Å². The van der Waals surface area contributed by atoms with Gasteiger partial charge in [0, 0.05) is 17.8 Å². The Morgan fingerprint density at radius 3 is 2.34 bits per heavy atom. The van der Waals surface area contributed by atoms with Crippen molar-refractivity contribution in [2.45, 2.75) is 39.3 Å². The van der Waals surface area contributed by atoms with Crippen molar-refractivity contribution in [3.05, 3.63) is 48.5 Å². The molecule has 0 bridgehead atoms. The summed E-state index contributed by atoms with van der Waals surface area (Å²) in [4.78, 5) is 13.0. The quantitative estimate of drug-likeness (QED) is 0.669. The largest absolute Gasteiger partial charge is 0.497 e. The Morgan fingerprint density at radius 1 is 1.10 bits per heavy atom. The summed E-state index contributed by atoms with van der Waals surface area (Å²) < 4.78 is 37.1. The maximum absolute atomic E-state index is 13.0. The van der Waals surface area contributed by atoms with Gasteiger partial charge in [-0.3, -0.25) is 9.10 Å². The SMILES string of the molecule is CC[C@@H](C(=O)Nc1cccc(OC(C)C)c1)N(c1cccc(OC)c1)S(C)(=O)=O. The van der Waals surface area contributed by atoms with Gasteiger partial charge in [-0.25, -0.2) is 8.42 Å². The Hall–Kier alpha value is -2.74. The van der Waals surface area contributed by atoms with Crippen molar-refractivity contribution in [1.82, 2.24) is 0 Å². The van der Waals surface area contributed by atoms with Gasteiger partial charge in [-0.2, -0.15) is 0 Å². The summed E-state index contributed by atoms with van der Waals surface area (Å²) in [5.74, 6) is 0.700. The van der Waals surface area contributed by atoms with E-state index in [1.165, 1.54) is 7.11 Å². The number of nitrogens with zero attached hydrogens (tertiary/aromatic N) is 1. The van der Waals surface area contributed by atoms with Crippen LogP contribution in [0.3, 0.4) is 0 Å². The second kappa shape index (κ2) is 9.65. The smallest absolute Gasteiger partial charge is 0.248 e. The summed E-state index contributed by atoms with van der Waals surface area (Å²) in [7, 11) is -2.22. The molecular formula is C21H28N2O5S. The molecule has 2 rings (SSSR count). The fourth-order valence-electron chi connectivity index (χ4n) is 2.95. The van der Waals surface area contributed by atoms with Gasteiger partial charge in [-0.05, 0) is 44.5 Å². The molecule has 0 fully saturated rings. The number of sulfonamides is 1. The normalized spacial score (nSPS) is 12.3. The Morgan fingerprint density at radius 2 is 1.76 bits per heavy atom. The van der Waals surface area contributed by atoms with E-state index in [2.05, 4.69) is 5.32 Å². The lowest BCUT2D eigenvalue weighted by atomic mass is 10.1. The molecule has 1 atom stereocenters. The molecule has 0 radical (unpaired) electrons. The zero-order valence-electron chi connectivity index (χ0n) is 17.4. The van der Waals surface area contributed by atoms with Crippen LogP contribution in [-0.2, 0) is 14.8 Å². The number of carbonyl (C=O) groups is 1. The number of amides is 1. The Labute approximate surface area is 172 Å². The molecule has 2 aromatic rings. The van der Waals surface area contributed by atoms with Gasteiger partial charge in [-0.1, -0.05) is 19.1 Å². The van der Waals surface area contributed by atoms with Crippen LogP contribution >= 0.6 is 0 Å². The number of hydrogen-bond acceptors (Lipinski definition) is 5. The van der Waals surface area contributed by atoms with E-state index < -0.39 is 22.0 Å². The molecule has 0 spiro atoms. The highest BCUT2D eigenvalue weighted by Crippen LogP contribution is 2.27. The van der Waals surface area contributed by atoms with Crippen molar-refractivity contribution in [1.29, 1.82) is 0 Å². The number of carbonyl (C=O) groups excluding carboxylic acids is 1. The molecule has 8 heteroatoms. The molecule has 1 N–H and O–H groups in total. The van der Waals surface area contributed by atoms with Crippen molar-refractivity contribution in [2.75, 3.05) is 23.0 Å². The Balaban J connectivity index is 2.34. The van der Waals surface area contributed by atoms with Crippen LogP contribution in [0.1, 0.15) is 27.2 Å². The van der Waals surface area contributed by atoms with Gasteiger partial charge in [0.2, 0.25) is 15.9 Å². The van der Waals surface area contributed by atoms with Crippen LogP contribution in [0.2, 0.25) is 0 Å². The second-order valence-electron chi connectivity index (χ2n) is 6.87. The number of hydrogen-bond donors (Lipinski definition) is 1. The monoisotopic (exact) mass is 420 g/mol. The molecular weight excluding hydrogens is 392 g/mol. The van der Waals surface area contributed by atoms with Gasteiger partial charge in [0.25, 0.3) is 0 Å². The number of methoxy groups -OCH3 is 1. The fourth-order valence-corrected chi connectivity index (χ4v) is 4.16. The van der Waals surface area contributed by atoms with Gasteiger partial charge in [0.15, 0.2) is 0 Å². The number of anilines is 2. The highest BCUT2D eigenvalue weighted by atomic mass is 32.2. The molecule has 0 saturated heterocycles. The zero-order chi connectivity index (χ0) is 21.6. The van der Waals surface area contributed by atoms with E-state index in [9.17, 15) is 13.2 Å². The lowest BCUT2D eigenvalue weighted by Gasteiger charge is -2.30.